The molecule has 0 amide bonds. The summed E-state index contributed by atoms with van der Waals surface area (Å²) in [6.45, 7) is -0.155. The van der Waals surface area contributed by atoms with E-state index in [0.29, 0.717) is 5.56 Å². The van der Waals surface area contributed by atoms with E-state index in [9.17, 15) is 4.39 Å². The van der Waals surface area contributed by atoms with Gasteiger partial charge in [0.1, 0.15) is 5.82 Å². The van der Waals surface area contributed by atoms with Crippen LogP contribution in [0.25, 0.3) is 10.9 Å². The maximum absolute atomic E-state index is 13.4. The van der Waals surface area contributed by atoms with Gasteiger partial charge < -0.3 is 10.1 Å². The van der Waals surface area contributed by atoms with Crippen molar-refractivity contribution in [3.63, 3.8) is 0 Å². The van der Waals surface area contributed by atoms with Gasteiger partial charge in [-0.1, -0.05) is 30.0 Å². The Kier molecular flexibility index (Phi) is 3.27. The maximum Gasteiger partial charge on any atom is 0.124 e. The largest absolute Gasteiger partial charge is 0.392 e. The van der Waals surface area contributed by atoms with E-state index in [1.807, 2.05) is 30.3 Å². The van der Waals surface area contributed by atoms with Gasteiger partial charge in [0.15, 0.2) is 0 Å². The van der Waals surface area contributed by atoms with Gasteiger partial charge in [0, 0.05) is 15.8 Å². The van der Waals surface area contributed by atoms with Gasteiger partial charge >= 0.3 is 0 Å². The van der Waals surface area contributed by atoms with Crippen molar-refractivity contribution in [2.45, 2.75) is 16.5 Å². The molecule has 0 aliphatic rings. The molecular formula is C15H12FNOS. The zero-order valence-corrected chi connectivity index (χ0v) is 10.9. The van der Waals surface area contributed by atoms with E-state index in [1.54, 1.807) is 6.07 Å². The van der Waals surface area contributed by atoms with Gasteiger partial charge in [-0.3, -0.25) is 0 Å². The molecule has 0 bridgehead atoms. The second kappa shape index (κ2) is 5.07. The highest BCUT2D eigenvalue weighted by atomic mass is 32.2. The molecule has 0 radical (unpaired) electrons. The van der Waals surface area contributed by atoms with E-state index in [4.69, 9.17) is 5.11 Å². The number of aromatic nitrogens is 1. The van der Waals surface area contributed by atoms with E-state index in [-0.39, 0.29) is 12.4 Å². The highest BCUT2D eigenvalue weighted by molar-refractivity contribution is 7.99. The first kappa shape index (κ1) is 12.3. The van der Waals surface area contributed by atoms with Crippen molar-refractivity contribution in [3.05, 3.63) is 59.9 Å². The fourth-order valence-corrected chi connectivity index (χ4v) is 2.98. The lowest BCUT2D eigenvalue weighted by Crippen LogP contribution is -1.86. The van der Waals surface area contributed by atoms with Crippen molar-refractivity contribution >= 4 is 22.7 Å². The quantitative estimate of drug-likeness (QED) is 0.758. The molecule has 96 valence electrons. The van der Waals surface area contributed by atoms with Gasteiger partial charge in [0.2, 0.25) is 0 Å². The molecular weight excluding hydrogens is 261 g/mol. The molecule has 2 aromatic carbocycles. The molecule has 3 rings (SSSR count). The Morgan fingerprint density at radius 3 is 2.74 bits per heavy atom. The summed E-state index contributed by atoms with van der Waals surface area (Å²) in [5.41, 5.74) is 1.64. The van der Waals surface area contributed by atoms with Gasteiger partial charge in [-0.15, -0.1) is 0 Å². The van der Waals surface area contributed by atoms with Crippen LogP contribution in [0.2, 0.25) is 0 Å². The molecule has 0 spiro atoms. The molecule has 19 heavy (non-hydrogen) atoms. The topological polar surface area (TPSA) is 36.0 Å². The minimum Gasteiger partial charge on any atom is -0.392 e. The lowest BCUT2D eigenvalue weighted by molar-refractivity contribution is 0.281. The average Bonchev–Trinajstić information content (AvgIpc) is 2.80. The van der Waals surface area contributed by atoms with Crippen LogP contribution in [0, 0.1) is 5.82 Å². The number of nitrogens with one attached hydrogen (secondary N) is 1. The summed E-state index contributed by atoms with van der Waals surface area (Å²) in [6, 6.07) is 14.6. The van der Waals surface area contributed by atoms with Crippen LogP contribution in [-0.4, -0.2) is 10.1 Å². The number of H-pyrrole nitrogens is 1. The van der Waals surface area contributed by atoms with Crippen LogP contribution in [-0.2, 0) is 6.61 Å². The number of para-hydroxylation sites is 1. The Labute approximate surface area is 114 Å². The van der Waals surface area contributed by atoms with Crippen molar-refractivity contribution < 1.29 is 9.50 Å². The van der Waals surface area contributed by atoms with Crippen molar-refractivity contribution in [2.24, 2.45) is 0 Å². The smallest absolute Gasteiger partial charge is 0.124 e. The first-order chi connectivity index (χ1) is 9.24. The number of halogens is 1. The van der Waals surface area contributed by atoms with Crippen molar-refractivity contribution in [1.29, 1.82) is 0 Å². The van der Waals surface area contributed by atoms with Crippen LogP contribution in [0.3, 0.4) is 0 Å². The van der Waals surface area contributed by atoms with Crippen molar-refractivity contribution in [1.82, 2.24) is 4.98 Å². The SMILES string of the molecule is OCc1cc(F)cc(Sc2cc3ccccc3[nH]2)c1. The standard InChI is InChI=1S/C15H12FNOS/c16-12-5-10(9-18)6-13(8-12)19-15-7-11-3-1-2-4-14(11)17-15/h1-8,17-18H,9H2. The molecule has 2 N–H and O–H groups in total. The fraction of sp³-hybridized carbons (Fsp3) is 0.0667. The van der Waals surface area contributed by atoms with Crippen molar-refractivity contribution in [3.8, 4) is 0 Å². The lowest BCUT2D eigenvalue weighted by atomic mass is 10.2. The highest BCUT2D eigenvalue weighted by Crippen LogP contribution is 2.30. The fourth-order valence-electron chi connectivity index (χ4n) is 2.00. The molecule has 3 aromatic rings. The van der Waals surface area contributed by atoms with Crippen molar-refractivity contribution in [2.75, 3.05) is 0 Å². The Hall–Kier alpha value is -1.78. The van der Waals surface area contributed by atoms with E-state index < -0.39 is 0 Å². The van der Waals surface area contributed by atoms with Gasteiger partial charge in [-0.05, 0) is 35.9 Å². The zero-order valence-electron chi connectivity index (χ0n) is 10.1. The molecule has 0 atom stereocenters. The predicted octanol–water partition coefficient (Wildman–Crippen LogP) is 3.95. The van der Waals surface area contributed by atoms with E-state index >= 15 is 0 Å². The van der Waals surface area contributed by atoms with Crippen LogP contribution < -0.4 is 0 Å². The summed E-state index contributed by atoms with van der Waals surface area (Å²) in [5.74, 6) is -0.329. The number of aliphatic hydroxyl groups is 1. The molecule has 2 nitrogen and oxygen atoms in total. The number of aliphatic hydroxyl groups excluding tert-OH is 1. The molecule has 0 aliphatic heterocycles. The summed E-state index contributed by atoms with van der Waals surface area (Å²) >= 11 is 1.45. The number of benzene rings is 2. The highest BCUT2D eigenvalue weighted by Gasteiger charge is 2.05. The zero-order chi connectivity index (χ0) is 13.2. The number of hydrogen-bond donors (Lipinski definition) is 2. The van der Waals surface area contributed by atoms with Gasteiger partial charge in [-0.2, -0.15) is 0 Å². The van der Waals surface area contributed by atoms with Gasteiger partial charge in [0.05, 0.1) is 11.6 Å². The Morgan fingerprint density at radius 1 is 1.11 bits per heavy atom. The summed E-state index contributed by atoms with van der Waals surface area (Å²) in [5, 5.41) is 11.2. The minimum absolute atomic E-state index is 0.155. The summed E-state index contributed by atoms with van der Waals surface area (Å²) in [6.07, 6.45) is 0. The molecule has 0 saturated heterocycles. The van der Waals surface area contributed by atoms with Crippen LogP contribution in [0.4, 0.5) is 4.39 Å². The molecule has 1 aromatic heterocycles. The second-order valence-electron chi connectivity index (χ2n) is 4.28. The number of rotatable bonds is 3. The third kappa shape index (κ3) is 2.64. The van der Waals surface area contributed by atoms with E-state index in [1.165, 1.54) is 23.9 Å². The molecule has 0 fully saturated rings. The molecule has 0 unspecified atom stereocenters. The first-order valence-electron chi connectivity index (χ1n) is 5.90. The summed E-state index contributed by atoms with van der Waals surface area (Å²) in [7, 11) is 0. The molecule has 1 heterocycles. The third-order valence-electron chi connectivity index (χ3n) is 2.85. The number of fused-ring (bicyclic) bond motifs is 1. The van der Waals surface area contributed by atoms with Crippen LogP contribution >= 0.6 is 11.8 Å². The van der Waals surface area contributed by atoms with Crippen LogP contribution in [0.1, 0.15) is 5.56 Å². The lowest BCUT2D eigenvalue weighted by Gasteiger charge is -2.02. The Morgan fingerprint density at radius 2 is 1.95 bits per heavy atom. The van der Waals surface area contributed by atoms with Gasteiger partial charge in [0.25, 0.3) is 0 Å². The maximum atomic E-state index is 13.4. The third-order valence-corrected chi connectivity index (χ3v) is 3.76. The Bertz CT molecular complexity index is 690. The molecule has 0 saturated carbocycles. The summed E-state index contributed by atoms with van der Waals surface area (Å²) < 4.78 is 13.4. The monoisotopic (exact) mass is 273 g/mol. The first-order valence-corrected chi connectivity index (χ1v) is 6.72. The summed E-state index contributed by atoms with van der Waals surface area (Å²) in [4.78, 5) is 4.05. The minimum atomic E-state index is -0.329. The number of hydrogen-bond acceptors (Lipinski definition) is 2. The number of aromatic amines is 1. The van der Waals surface area contributed by atoms with E-state index in [0.717, 1.165) is 20.8 Å². The second-order valence-corrected chi connectivity index (χ2v) is 5.39. The average molecular weight is 273 g/mol. The molecule has 4 heteroatoms. The van der Waals surface area contributed by atoms with Crippen LogP contribution in [0.5, 0.6) is 0 Å². The van der Waals surface area contributed by atoms with E-state index in [2.05, 4.69) is 4.98 Å². The normalized spacial score (nSPS) is 11.1. The van der Waals surface area contributed by atoms with Crippen LogP contribution in [0.15, 0.2) is 58.5 Å². The Balaban J connectivity index is 1.94. The van der Waals surface area contributed by atoms with Gasteiger partial charge in [-0.25, -0.2) is 4.39 Å². The molecule has 0 aliphatic carbocycles. The predicted molar refractivity (Wildman–Crippen MR) is 74.7 cm³/mol.